The van der Waals surface area contributed by atoms with Crippen LogP contribution in [-0.2, 0) is 33.9 Å². The Kier molecular flexibility index (Phi) is 8.81. The van der Waals surface area contributed by atoms with Crippen molar-refractivity contribution < 1.29 is 37.0 Å². The van der Waals surface area contributed by atoms with Gasteiger partial charge in [-0.05, 0) is 51.0 Å². The average molecular weight is 457 g/mol. The minimum Gasteiger partial charge on any atom is -0.497 e. The Morgan fingerprint density at radius 2 is 1.74 bits per heavy atom. The van der Waals surface area contributed by atoms with Gasteiger partial charge in [0, 0.05) is 13.1 Å². The van der Waals surface area contributed by atoms with Crippen LogP contribution in [0.1, 0.15) is 26.7 Å². The van der Waals surface area contributed by atoms with E-state index in [4.69, 9.17) is 14.2 Å². The highest BCUT2D eigenvalue weighted by atomic mass is 32.2. The zero-order chi connectivity index (χ0) is 23.0. The SMILES string of the molecule is CCOC(=O)C1CCN(C(=O)COC(=O)[C@H](C)NS(=O)(=O)c2ccc(OC)cc2)CC1. The lowest BCUT2D eigenvalue weighted by Gasteiger charge is -2.30. The van der Waals surface area contributed by atoms with E-state index < -0.39 is 34.5 Å². The van der Waals surface area contributed by atoms with Gasteiger partial charge in [0.25, 0.3) is 5.91 Å². The molecule has 1 aromatic carbocycles. The van der Waals surface area contributed by atoms with Crippen molar-refractivity contribution in [2.75, 3.05) is 33.4 Å². The Balaban J connectivity index is 1.81. The van der Waals surface area contributed by atoms with Crippen molar-refractivity contribution in [2.24, 2.45) is 5.92 Å². The van der Waals surface area contributed by atoms with Gasteiger partial charge in [0.2, 0.25) is 10.0 Å². The highest BCUT2D eigenvalue weighted by Crippen LogP contribution is 2.19. The quantitative estimate of drug-likeness (QED) is 0.538. The molecule has 1 amide bonds. The number of carbonyl (C=O) groups excluding carboxylic acids is 3. The van der Waals surface area contributed by atoms with E-state index in [1.54, 1.807) is 6.92 Å². The van der Waals surface area contributed by atoms with Crippen LogP contribution >= 0.6 is 0 Å². The van der Waals surface area contributed by atoms with Crippen LogP contribution < -0.4 is 9.46 Å². The molecule has 0 radical (unpaired) electrons. The Labute approximate surface area is 181 Å². The molecule has 0 saturated carbocycles. The van der Waals surface area contributed by atoms with E-state index in [1.807, 2.05) is 0 Å². The summed E-state index contributed by atoms with van der Waals surface area (Å²) >= 11 is 0. The summed E-state index contributed by atoms with van der Waals surface area (Å²) in [6.07, 6.45) is 0.965. The van der Waals surface area contributed by atoms with E-state index in [0.717, 1.165) is 0 Å². The average Bonchev–Trinajstić information content (AvgIpc) is 2.77. The number of likely N-dealkylation sites (tertiary alicyclic amines) is 1. The lowest BCUT2D eigenvalue weighted by atomic mass is 9.97. The first-order valence-corrected chi connectivity index (χ1v) is 11.4. The third-order valence-electron chi connectivity index (χ3n) is 4.86. The minimum atomic E-state index is -3.95. The second-order valence-corrected chi connectivity index (χ2v) is 8.75. The van der Waals surface area contributed by atoms with Crippen LogP contribution in [0.3, 0.4) is 0 Å². The van der Waals surface area contributed by atoms with E-state index >= 15 is 0 Å². The summed E-state index contributed by atoms with van der Waals surface area (Å²) in [6.45, 7) is 3.60. The summed E-state index contributed by atoms with van der Waals surface area (Å²) < 4.78 is 42.0. The van der Waals surface area contributed by atoms with Gasteiger partial charge in [0.05, 0.1) is 24.5 Å². The van der Waals surface area contributed by atoms with Gasteiger partial charge in [0.1, 0.15) is 11.8 Å². The van der Waals surface area contributed by atoms with Crippen molar-refractivity contribution in [1.29, 1.82) is 0 Å². The lowest BCUT2D eigenvalue weighted by molar-refractivity contribution is -0.155. The second kappa shape index (κ2) is 11.1. The van der Waals surface area contributed by atoms with Crippen LogP contribution in [0, 0.1) is 5.92 Å². The molecule has 1 heterocycles. The second-order valence-electron chi connectivity index (χ2n) is 7.03. The van der Waals surface area contributed by atoms with Gasteiger partial charge in [-0.15, -0.1) is 0 Å². The van der Waals surface area contributed by atoms with Crippen LogP contribution in [0.5, 0.6) is 5.75 Å². The van der Waals surface area contributed by atoms with E-state index in [-0.39, 0.29) is 16.8 Å². The number of carbonyl (C=O) groups is 3. The fourth-order valence-electron chi connectivity index (χ4n) is 3.08. The maximum Gasteiger partial charge on any atom is 0.324 e. The Bertz CT molecular complexity index is 877. The first-order chi connectivity index (χ1) is 14.7. The number of hydrogen-bond donors (Lipinski definition) is 1. The molecule has 1 N–H and O–H groups in total. The predicted octanol–water partition coefficient (Wildman–Crippen LogP) is 0.707. The number of benzene rings is 1. The summed E-state index contributed by atoms with van der Waals surface area (Å²) in [5, 5.41) is 0. The van der Waals surface area contributed by atoms with Crippen molar-refractivity contribution in [3.63, 3.8) is 0 Å². The largest absolute Gasteiger partial charge is 0.497 e. The maximum absolute atomic E-state index is 12.4. The van der Waals surface area contributed by atoms with Gasteiger partial charge < -0.3 is 19.1 Å². The fourth-order valence-corrected chi connectivity index (χ4v) is 4.27. The molecule has 1 aromatic rings. The number of nitrogens with zero attached hydrogens (tertiary/aromatic N) is 1. The van der Waals surface area contributed by atoms with E-state index in [9.17, 15) is 22.8 Å². The van der Waals surface area contributed by atoms with Gasteiger partial charge in [-0.3, -0.25) is 14.4 Å². The Morgan fingerprint density at radius 3 is 2.29 bits per heavy atom. The minimum absolute atomic E-state index is 0.0338. The molecular formula is C20H28N2O8S. The van der Waals surface area contributed by atoms with Crippen LogP contribution in [0.4, 0.5) is 0 Å². The molecule has 2 rings (SSSR count). The number of ether oxygens (including phenoxy) is 3. The number of hydrogen-bond acceptors (Lipinski definition) is 8. The third-order valence-corrected chi connectivity index (χ3v) is 6.42. The maximum atomic E-state index is 12.4. The van der Waals surface area contributed by atoms with Gasteiger partial charge in [-0.25, -0.2) is 8.42 Å². The summed E-state index contributed by atoms with van der Waals surface area (Å²) in [6, 6.07) is 4.49. The molecular weight excluding hydrogens is 428 g/mol. The summed E-state index contributed by atoms with van der Waals surface area (Å²) in [5.74, 6) is -1.28. The van der Waals surface area contributed by atoms with E-state index in [0.29, 0.717) is 38.3 Å². The molecule has 1 fully saturated rings. The Hall–Kier alpha value is -2.66. The van der Waals surface area contributed by atoms with Crippen LogP contribution in [-0.4, -0.2) is 70.6 Å². The molecule has 31 heavy (non-hydrogen) atoms. The van der Waals surface area contributed by atoms with Gasteiger partial charge >= 0.3 is 11.9 Å². The zero-order valence-corrected chi connectivity index (χ0v) is 18.6. The lowest BCUT2D eigenvalue weighted by Crippen LogP contribution is -2.44. The summed E-state index contributed by atoms with van der Waals surface area (Å²) in [5.41, 5.74) is 0. The van der Waals surface area contributed by atoms with E-state index in [2.05, 4.69) is 4.72 Å². The van der Waals surface area contributed by atoms with Crippen molar-refractivity contribution in [3.8, 4) is 5.75 Å². The molecule has 0 unspecified atom stereocenters. The standard InChI is InChI=1S/C20H28N2O8S/c1-4-29-20(25)15-9-11-22(12-10-15)18(23)13-30-19(24)14(2)21-31(26,27)17-7-5-16(28-3)6-8-17/h5-8,14-15,21H,4,9-13H2,1-3H3/t14-/m0/s1. The first kappa shape index (κ1) is 24.6. The highest BCUT2D eigenvalue weighted by molar-refractivity contribution is 7.89. The van der Waals surface area contributed by atoms with Gasteiger partial charge in [0.15, 0.2) is 6.61 Å². The molecule has 0 aliphatic carbocycles. The molecule has 1 saturated heterocycles. The third kappa shape index (κ3) is 6.93. The number of nitrogens with one attached hydrogen (secondary N) is 1. The van der Waals surface area contributed by atoms with Crippen molar-refractivity contribution in [2.45, 2.75) is 37.6 Å². The normalized spacial score (nSPS) is 15.8. The Morgan fingerprint density at radius 1 is 1.13 bits per heavy atom. The van der Waals surface area contributed by atoms with Crippen molar-refractivity contribution in [3.05, 3.63) is 24.3 Å². The smallest absolute Gasteiger partial charge is 0.324 e. The predicted molar refractivity (Wildman–Crippen MR) is 110 cm³/mol. The molecule has 172 valence electrons. The number of rotatable bonds is 9. The highest BCUT2D eigenvalue weighted by Gasteiger charge is 2.29. The fraction of sp³-hybridized carbons (Fsp3) is 0.550. The molecule has 1 atom stereocenters. The monoisotopic (exact) mass is 456 g/mol. The first-order valence-electron chi connectivity index (χ1n) is 9.95. The molecule has 10 nitrogen and oxygen atoms in total. The number of amides is 1. The molecule has 0 spiro atoms. The summed E-state index contributed by atoms with van der Waals surface area (Å²) in [7, 11) is -2.49. The molecule has 0 aromatic heterocycles. The van der Waals surface area contributed by atoms with Crippen LogP contribution in [0.2, 0.25) is 0 Å². The number of methoxy groups -OCH3 is 1. The molecule has 1 aliphatic rings. The van der Waals surface area contributed by atoms with Gasteiger partial charge in [-0.2, -0.15) is 4.72 Å². The summed E-state index contributed by atoms with van der Waals surface area (Å²) in [4.78, 5) is 37.7. The van der Waals surface area contributed by atoms with Crippen molar-refractivity contribution in [1.82, 2.24) is 9.62 Å². The van der Waals surface area contributed by atoms with Crippen LogP contribution in [0.25, 0.3) is 0 Å². The number of piperidine rings is 1. The zero-order valence-electron chi connectivity index (χ0n) is 17.8. The molecule has 0 bridgehead atoms. The number of sulfonamides is 1. The molecule has 11 heteroatoms. The molecule has 1 aliphatic heterocycles. The number of esters is 2. The van der Waals surface area contributed by atoms with Gasteiger partial charge in [-0.1, -0.05) is 0 Å². The van der Waals surface area contributed by atoms with Crippen LogP contribution in [0.15, 0.2) is 29.2 Å². The topological polar surface area (TPSA) is 128 Å². The van der Waals surface area contributed by atoms with E-state index in [1.165, 1.54) is 43.2 Å². The van der Waals surface area contributed by atoms with Crippen molar-refractivity contribution >= 4 is 27.9 Å².